The van der Waals surface area contributed by atoms with E-state index in [1.54, 1.807) is 6.92 Å². The number of carbonyl (C=O) groups is 1. The fourth-order valence-corrected chi connectivity index (χ4v) is 3.24. The molecule has 0 heterocycles. The number of halogens is 2. The van der Waals surface area contributed by atoms with Crippen LogP contribution in [-0.2, 0) is 13.8 Å². The smallest absolute Gasteiger partial charge is 0.338 e. The Bertz CT molecular complexity index is 611. The summed E-state index contributed by atoms with van der Waals surface area (Å²) in [5, 5.41) is 0.154. The Balaban J connectivity index is 3.15. The SMILES string of the molecule is CCCC(C)OC(=O)c1cc(Cl)c(C)c(S(=O)(=O)Cl)c1. The number of ether oxygens (including phenoxy) is 1. The van der Waals surface area contributed by atoms with Crippen molar-refractivity contribution >= 4 is 37.3 Å². The van der Waals surface area contributed by atoms with Crippen molar-refractivity contribution in [3.05, 3.63) is 28.3 Å². The zero-order chi connectivity index (χ0) is 15.5. The van der Waals surface area contributed by atoms with Crippen molar-refractivity contribution in [2.75, 3.05) is 0 Å². The third-order valence-corrected chi connectivity index (χ3v) is 4.64. The van der Waals surface area contributed by atoms with Gasteiger partial charge in [0, 0.05) is 15.7 Å². The van der Waals surface area contributed by atoms with E-state index >= 15 is 0 Å². The molecule has 1 aromatic carbocycles. The van der Waals surface area contributed by atoms with Gasteiger partial charge in [0.1, 0.15) is 0 Å². The Labute approximate surface area is 128 Å². The average Bonchev–Trinajstić information content (AvgIpc) is 2.30. The van der Waals surface area contributed by atoms with E-state index in [9.17, 15) is 13.2 Å². The Morgan fingerprint density at radius 1 is 1.40 bits per heavy atom. The number of benzene rings is 1. The van der Waals surface area contributed by atoms with Crippen LogP contribution in [-0.4, -0.2) is 20.5 Å². The topological polar surface area (TPSA) is 60.4 Å². The predicted molar refractivity (Wildman–Crippen MR) is 79.0 cm³/mol. The van der Waals surface area contributed by atoms with Crippen LogP contribution in [0.15, 0.2) is 17.0 Å². The molecule has 0 N–H and O–H groups in total. The van der Waals surface area contributed by atoms with Crippen LogP contribution in [0.5, 0.6) is 0 Å². The summed E-state index contributed by atoms with van der Waals surface area (Å²) in [5.74, 6) is -0.616. The van der Waals surface area contributed by atoms with E-state index in [0.717, 1.165) is 12.8 Å². The first kappa shape index (κ1) is 17.3. The fraction of sp³-hybridized carbons (Fsp3) is 0.462. The molecule has 20 heavy (non-hydrogen) atoms. The third kappa shape index (κ3) is 4.36. The molecule has 0 aliphatic rings. The van der Waals surface area contributed by atoms with Gasteiger partial charge in [0.05, 0.1) is 16.6 Å². The fourth-order valence-electron chi connectivity index (χ4n) is 1.74. The summed E-state index contributed by atoms with van der Waals surface area (Å²) in [4.78, 5) is 11.8. The highest BCUT2D eigenvalue weighted by Crippen LogP contribution is 2.28. The summed E-state index contributed by atoms with van der Waals surface area (Å²) < 4.78 is 28.1. The van der Waals surface area contributed by atoms with Gasteiger partial charge in [-0.3, -0.25) is 0 Å². The summed E-state index contributed by atoms with van der Waals surface area (Å²) in [6, 6.07) is 2.56. The van der Waals surface area contributed by atoms with Gasteiger partial charge >= 0.3 is 5.97 Å². The molecular formula is C13H16Cl2O4S. The van der Waals surface area contributed by atoms with E-state index < -0.39 is 15.0 Å². The lowest BCUT2D eigenvalue weighted by Crippen LogP contribution is -2.15. The maximum atomic E-state index is 12.0. The second-order valence-electron chi connectivity index (χ2n) is 4.52. The van der Waals surface area contributed by atoms with Crippen LogP contribution in [0.3, 0.4) is 0 Å². The van der Waals surface area contributed by atoms with Crippen molar-refractivity contribution in [2.45, 2.75) is 44.6 Å². The Hall–Kier alpha value is -0.780. The first-order valence-corrected chi connectivity index (χ1v) is 8.81. The predicted octanol–water partition coefficient (Wildman–Crippen LogP) is 3.92. The molecule has 112 valence electrons. The highest BCUT2D eigenvalue weighted by Gasteiger charge is 2.21. The maximum Gasteiger partial charge on any atom is 0.338 e. The zero-order valence-electron chi connectivity index (χ0n) is 11.4. The van der Waals surface area contributed by atoms with E-state index in [-0.39, 0.29) is 21.6 Å². The van der Waals surface area contributed by atoms with Gasteiger partial charge in [0.25, 0.3) is 9.05 Å². The van der Waals surface area contributed by atoms with Gasteiger partial charge in [0.15, 0.2) is 0 Å². The number of hydrogen-bond donors (Lipinski definition) is 0. The second-order valence-corrected chi connectivity index (χ2v) is 7.47. The van der Waals surface area contributed by atoms with E-state index in [1.165, 1.54) is 19.1 Å². The molecule has 0 spiro atoms. The van der Waals surface area contributed by atoms with Gasteiger partial charge in [-0.15, -0.1) is 0 Å². The summed E-state index contributed by atoms with van der Waals surface area (Å²) in [6.45, 7) is 5.27. The Kier molecular flexibility index (Phi) is 5.86. The Morgan fingerprint density at radius 2 is 2.00 bits per heavy atom. The highest BCUT2D eigenvalue weighted by atomic mass is 35.7. The lowest BCUT2D eigenvalue weighted by Gasteiger charge is -2.13. The van der Waals surface area contributed by atoms with Gasteiger partial charge in [-0.05, 0) is 38.0 Å². The standard InChI is InChI=1S/C13H16Cl2O4S/c1-4-5-8(2)19-13(16)10-6-11(14)9(3)12(7-10)20(15,17)18/h6-8H,4-5H2,1-3H3. The molecule has 1 atom stereocenters. The molecule has 0 aliphatic carbocycles. The lowest BCUT2D eigenvalue weighted by atomic mass is 10.1. The van der Waals surface area contributed by atoms with Gasteiger partial charge in [-0.25, -0.2) is 13.2 Å². The molecule has 0 amide bonds. The molecule has 0 aromatic heterocycles. The highest BCUT2D eigenvalue weighted by molar-refractivity contribution is 8.13. The number of carbonyl (C=O) groups excluding carboxylic acids is 1. The quantitative estimate of drug-likeness (QED) is 0.603. The summed E-state index contributed by atoms with van der Waals surface area (Å²) in [6.07, 6.45) is 1.36. The number of hydrogen-bond acceptors (Lipinski definition) is 4. The van der Waals surface area contributed by atoms with E-state index in [0.29, 0.717) is 5.56 Å². The molecule has 0 saturated carbocycles. The van der Waals surface area contributed by atoms with Crippen LogP contribution < -0.4 is 0 Å². The number of esters is 1. The van der Waals surface area contributed by atoms with Crippen LogP contribution in [0.4, 0.5) is 0 Å². The van der Waals surface area contributed by atoms with Gasteiger partial charge in [0.2, 0.25) is 0 Å². The van der Waals surface area contributed by atoms with Gasteiger partial charge in [-0.2, -0.15) is 0 Å². The first-order valence-electron chi connectivity index (χ1n) is 6.12. The summed E-state index contributed by atoms with van der Waals surface area (Å²) in [5.41, 5.74) is 0.377. The normalized spacial score (nSPS) is 13.1. The van der Waals surface area contributed by atoms with Crippen molar-refractivity contribution in [3.8, 4) is 0 Å². The Morgan fingerprint density at radius 3 is 2.50 bits per heavy atom. The minimum Gasteiger partial charge on any atom is -0.459 e. The minimum absolute atomic E-state index is 0.0720. The first-order chi connectivity index (χ1) is 9.16. The summed E-state index contributed by atoms with van der Waals surface area (Å²) in [7, 11) is 1.36. The van der Waals surface area contributed by atoms with Crippen molar-refractivity contribution in [1.82, 2.24) is 0 Å². The molecule has 7 heteroatoms. The second kappa shape index (κ2) is 6.78. The molecule has 4 nitrogen and oxygen atoms in total. The molecule has 0 bridgehead atoms. The number of rotatable bonds is 5. The zero-order valence-corrected chi connectivity index (χ0v) is 13.8. The molecule has 0 aliphatic heterocycles. The van der Waals surface area contributed by atoms with Crippen LogP contribution in [0.1, 0.15) is 42.6 Å². The summed E-state index contributed by atoms with van der Waals surface area (Å²) >= 11 is 5.94. The van der Waals surface area contributed by atoms with E-state index in [1.807, 2.05) is 6.92 Å². The van der Waals surface area contributed by atoms with Crippen molar-refractivity contribution in [3.63, 3.8) is 0 Å². The van der Waals surface area contributed by atoms with Crippen LogP contribution in [0.2, 0.25) is 5.02 Å². The van der Waals surface area contributed by atoms with Crippen LogP contribution in [0.25, 0.3) is 0 Å². The monoisotopic (exact) mass is 338 g/mol. The van der Waals surface area contributed by atoms with Crippen molar-refractivity contribution in [2.24, 2.45) is 0 Å². The largest absolute Gasteiger partial charge is 0.459 e. The molecule has 1 rings (SSSR count). The molecular weight excluding hydrogens is 323 g/mol. The average molecular weight is 339 g/mol. The van der Waals surface area contributed by atoms with Crippen molar-refractivity contribution < 1.29 is 17.9 Å². The molecule has 0 saturated heterocycles. The molecule has 1 aromatic rings. The van der Waals surface area contributed by atoms with Crippen LogP contribution in [0, 0.1) is 6.92 Å². The lowest BCUT2D eigenvalue weighted by molar-refractivity contribution is 0.0323. The van der Waals surface area contributed by atoms with Crippen LogP contribution >= 0.6 is 22.3 Å². The van der Waals surface area contributed by atoms with Gasteiger partial charge < -0.3 is 4.74 Å². The third-order valence-electron chi connectivity index (χ3n) is 2.80. The van der Waals surface area contributed by atoms with Crippen molar-refractivity contribution in [1.29, 1.82) is 0 Å². The molecule has 0 fully saturated rings. The van der Waals surface area contributed by atoms with E-state index in [2.05, 4.69) is 0 Å². The molecule has 0 radical (unpaired) electrons. The minimum atomic E-state index is -3.97. The van der Waals surface area contributed by atoms with E-state index in [4.69, 9.17) is 27.0 Å². The molecule has 1 unspecified atom stereocenters. The van der Waals surface area contributed by atoms with Gasteiger partial charge in [-0.1, -0.05) is 24.9 Å². The maximum absolute atomic E-state index is 12.0.